The molecule has 0 aliphatic carbocycles. The van der Waals surface area contributed by atoms with Crippen LogP contribution in [0.4, 0.5) is 0 Å². The number of halogens is 1. The van der Waals surface area contributed by atoms with Crippen molar-refractivity contribution in [1.29, 1.82) is 0 Å². The van der Waals surface area contributed by atoms with Crippen molar-refractivity contribution in [2.45, 2.75) is 13.5 Å². The van der Waals surface area contributed by atoms with Gasteiger partial charge in [0.1, 0.15) is 0 Å². The number of hydrazone groups is 1. The fraction of sp³-hybridized carbons (Fsp3) is 0.125. The molecule has 108 valence electrons. The van der Waals surface area contributed by atoms with Gasteiger partial charge in [-0.25, -0.2) is 0 Å². The summed E-state index contributed by atoms with van der Waals surface area (Å²) in [4.78, 5) is 0. The summed E-state index contributed by atoms with van der Waals surface area (Å²) >= 11 is 8.66. The lowest BCUT2D eigenvalue weighted by molar-refractivity contribution is 0.866. The number of nitrogens with one attached hydrogen (secondary N) is 2. The van der Waals surface area contributed by atoms with E-state index in [-0.39, 0.29) is 0 Å². The van der Waals surface area contributed by atoms with Gasteiger partial charge in [-0.15, -0.1) is 0 Å². The average Bonchev–Trinajstić information content (AvgIpc) is 2.51. The molecule has 0 radical (unpaired) electrons. The Hall–Kier alpha value is -1.72. The van der Waals surface area contributed by atoms with E-state index in [2.05, 4.69) is 31.8 Å². The fourth-order valence-corrected chi connectivity index (χ4v) is 2.25. The minimum absolute atomic E-state index is 0.508. The van der Waals surface area contributed by atoms with Crippen LogP contribution in [0.25, 0.3) is 0 Å². The average molecular weight is 362 g/mol. The molecule has 0 saturated carbocycles. The van der Waals surface area contributed by atoms with E-state index in [0.29, 0.717) is 11.7 Å². The maximum Gasteiger partial charge on any atom is 0.187 e. The van der Waals surface area contributed by atoms with Crippen LogP contribution < -0.4 is 10.7 Å². The van der Waals surface area contributed by atoms with E-state index in [1.807, 2.05) is 61.5 Å². The van der Waals surface area contributed by atoms with Gasteiger partial charge in [0, 0.05) is 11.0 Å². The number of benzene rings is 2. The van der Waals surface area contributed by atoms with Crippen molar-refractivity contribution in [2.75, 3.05) is 0 Å². The Kier molecular flexibility index (Phi) is 5.90. The summed E-state index contributed by atoms with van der Waals surface area (Å²) in [6, 6.07) is 18.1. The van der Waals surface area contributed by atoms with Crippen molar-refractivity contribution in [3.63, 3.8) is 0 Å². The second kappa shape index (κ2) is 7.90. The van der Waals surface area contributed by atoms with Crippen molar-refractivity contribution in [3.8, 4) is 0 Å². The summed E-state index contributed by atoms with van der Waals surface area (Å²) < 4.78 is 1.03. The zero-order valence-electron chi connectivity index (χ0n) is 11.6. The third-order valence-electron chi connectivity index (χ3n) is 2.86. The lowest BCUT2D eigenvalue weighted by Crippen LogP contribution is -2.32. The predicted octanol–water partition coefficient (Wildman–Crippen LogP) is 3.84. The molecular weight excluding hydrogens is 346 g/mol. The Balaban J connectivity index is 1.87. The highest BCUT2D eigenvalue weighted by molar-refractivity contribution is 9.10. The van der Waals surface area contributed by atoms with Crippen LogP contribution in [0.1, 0.15) is 18.1 Å². The predicted molar refractivity (Wildman–Crippen MR) is 95.4 cm³/mol. The van der Waals surface area contributed by atoms with Gasteiger partial charge in [0.05, 0.1) is 5.71 Å². The first-order chi connectivity index (χ1) is 10.1. The van der Waals surface area contributed by atoms with Gasteiger partial charge in [-0.1, -0.05) is 58.4 Å². The molecule has 0 unspecified atom stereocenters. The lowest BCUT2D eigenvalue weighted by atomic mass is 10.1. The number of hydrogen-bond acceptors (Lipinski definition) is 2. The molecule has 0 aliphatic heterocycles. The minimum atomic E-state index is 0.508. The molecule has 3 nitrogen and oxygen atoms in total. The van der Waals surface area contributed by atoms with Gasteiger partial charge in [0.25, 0.3) is 0 Å². The van der Waals surface area contributed by atoms with Gasteiger partial charge < -0.3 is 5.32 Å². The molecule has 0 bridgehead atoms. The molecule has 2 N–H and O–H groups in total. The molecule has 0 saturated heterocycles. The summed E-state index contributed by atoms with van der Waals surface area (Å²) in [5, 5.41) is 7.92. The largest absolute Gasteiger partial charge is 0.357 e. The highest BCUT2D eigenvalue weighted by Gasteiger charge is 1.99. The van der Waals surface area contributed by atoms with Gasteiger partial charge >= 0.3 is 0 Å². The summed E-state index contributed by atoms with van der Waals surface area (Å²) in [5.41, 5.74) is 5.96. The molecule has 0 spiro atoms. The monoisotopic (exact) mass is 361 g/mol. The maximum absolute atomic E-state index is 5.21. The Morgan fingerprint density at radius 1 is 1.14 bits per heavy atom. The van der Waals surface area contributed by atoms with E-state index < -0.39 is 0 Å². The SMILES string of the molecule is CC(=NNC(=S)NCc1ccccc1)c1cccc(Br)c1. The fourth-order valence-electron chi connectivity index (χ4n) is 1.73. The van der Waals surface area contributed by atoms with Crippen molar-refractivity contribution < 1.29 is 0 Å². The van der Waals surface area contributed by atoms with Crippen LogP contribution in [0.2, 0.25) is 0 Å². The molecule has 2 aromatic rings. The van der Waals surface area contributed by atoms with Gasteiger partial charge in [-0.2, -0.15) is 5.10 Å². The third-order valence-corrected chi connectivity index (χ3v) is 3.59. The topological polar surface area (TPSA) is 36.4 Å². The first-order valence-corrected chi connectivity index (χ1v) is 7.73. The number of thiocarbonyl (C=S) groups is 1. The standard InChI is InChI=1S/C16H16BrN3S/c1-12(14-8-5-9-15(17)10-14)19-20-16(21)18-11-13-6-3-2-4-7-13/h2-10H,11H2,1H3,(H2,18,20,21). The lowest BCUT2D eigenvalue weighted by Gasteiger charge is -2.08. The molecule has 0 aromatic heterocycles. The molecule has 21 heavy (non-hydrogen) atoms. The van der Waals surface area contributed by atoms with E-state index in [1.54, 1.807) is 0 Å². The van der Waals surface area contributed by atoms with E-state index >= 15 is 0 Å². The Bertz CT molecular complexity index is 641. The quantitative estimate of drug-likeness (QED) is 0.493. The maximum atomic E-state index is 5.21. The first-order valence-electron chi connectivity index (χ1n) is 6.53. The zero-order valence-corrected chi connectivity index (χ0v) is 14.0. The number of hydrogen-bond donors (Lipinski definition) is 2. The molecule has 2 aromatic carbocycles. The van der Waals surface area contributed by atoms with Gasteiger partial charge in [-0.05, 0) is 42.4 Å². The molecule has 0 amide bonds. The van der Waals surface area contributed by atoms with E-state index in [4.69, 9.17) is 12.2 Å². The zero-order chi connectivity index (χ0) is 15.1. The summed E-state index contributed by atoms with van der Waals surface area (Å²) in [7, 11) is 0. The summed E-state index contributed by atoms with van der Waals surface area (Å²) in [6.45, 7) is 2.62. The van der Waals surface area contributed by atoms with E-state index in [1.165, 1.54) is 5.56 Å². The van der Waals surface area contributed by atoms with Crippen molar-refractivity contribution in [3.05, 3.63) is 70.2 Å². The molecule has 0 heterocycles. The highest BCUT2D eigenvalue weighted by atomic mass is 79.9. The second-order valence-electron chi connectivity index (χ2n) is 4.49. The van der Waals surface area contributed by atoms with E-state index in [0.717, 1.165) is 15.7 Å². The van der Waals surface area contributed by atoms with Crippen LogP contribution in [-0.2, 0) is 6.54 Å². The first kappa shape index (κ1) is 15.7. The van der Waals surface area contributed by atoms with Crippen LogP contribution in [0, 0.1) is 0 Å². The van der Waals surface area contributed by atoms with Crippen molar-refractivity contribution in [2.24, 2.45) is 5.10 Å². The molecule has 5 heteroatoms. The van der Waals surface area contributed by atoms with Crippen LogP contribution in [-0.4, -0.2) is 10.8 Å². The molecular formula is C16H16BrN3S. The van der Waals surface area contributed by atoms with Gasteiger partial charge in [0.15, 0.2) is 5.11 Å². The highest BCUT2D eigenvalue weighted by Crippen LogP contribution is 2.12. The minimum Gasteiger partial charge on any atom is -0.357 e. The van der Waals surface area contributed by atoms with Crippen molar-refractivity contribution in [1.82, 2.24) is 10.7 Å². The Morgan fingerprint density at radius 3 is 2.62 bits per heavy atom. The normalized spacial score (nSPS) is 11.0. The molecule has 0 fully saturated rings. The van der Waals surface area contributed by atoms with Crippen LogP contribution >= 0.6 is 28.1 Å². The molecule has 0 atom stereocenters. The Morgan fingerprint density at radius 2 is 1.90 bits per heavy atom. The van der Waals surface area contributed by atoms with Gasteiger partial charge in [-0.3, -0.25) is 5.43 Å². The van der Waals surface area contributed by atoms with Crippen LogP contribution in [0.15, 0.2) is 64.2 Å². The smallest absolute Gasteiger partial charge is 0.187 e. The summed E-state index contributed by atoms with van der Waals surface area (Å²) in [5.74, 6) is 0. The third kappa shape index (κ3) is 5.28. The Labute approximate surface area is 138 Å². The summed E-state index contributed by atoms with van der Waals surface area (Å²) in [6.07, 6.45) is 0. The molecule has 0 aliphatic rings. The van der Waals surface area contributed by atoms with Crippen LogP contribution in [0.5, 0.6) is 0 Å². The number of nitrogens with zero attached hydrogens (tertiary/aromatic N) is 1. The van der Waals surface area contributed by atoms with E-state index in [9.17, 15) is 0 Å². The molecule has 2 rings (SSSR count). The van der Waals surface area contributed by atoms with Gasteiger partial charge in [0.2, 0.25) is 0 Å². The van der Waals surface area contributed by atoms with Crippen molar-refractivity contribution >= 4 is 39.0 Å². The second-order valence-corrected chi connectivity index (χ2v) is 5.81. The van der Waals surface area contributed by atoms with Crippen LogP contribution in [0.3, 0.4) is 0 Å². The number of rotatable bonds is 4.